The first-order valence-corrected chi connectivity index (χ1v) is 13.0. The van der Waals surface area contributed by atoms with Crippen LogP contribution in [0.15, 0.2) is 58.8 Å². The Labute approximate surface area is 203 Å². The fraction of sp³-hybridized carbons (Fsp3) is 0.292. The summed E-state index contributed by atoms with van der Waals surface area (Å²) in [6.07, 6.45) is 0.686. The van der Waals surface area contributed by atoms with Gasteiger partial charge in [0, 0.05) is 22.0 Å². The molecule has 34 heavy (non-hydrogen) atoms. The average Bonchev–Trinajstić information content (AvgIpc) is 3.33. The number of likely N-dealkylation sites (N-methyl/N-ethyl adjacent to an activating group) is 1. The zero-order chi connectivity index (χ0) is 24.3. The summed E-state index contributed by atoms with van der Waals surface area (Å²) in [7, 11) is 1.71. The fourth-order valence-electron chi connectivity index (χ4n) is 3.70. The van der Waals surface area contributed by atoms with E-state index in [1.807, 2.05) is 20.2 Å². The van der Waals surface area contributed by atoms with Crippen LogP contribution in [0.3, 0.4) is 0 Å². The number of methoxy groups -OCH3 is 1. The van der Waals surface area contributed by atoms with E-state index in [4.69, 9.17) is 9.47 Å². The molecule has 0 spiro atoms. The molecule has 0 radical (unpaired) electrons. The van der Waals surface area contributed by atoms with Crippen LogP contribution < -0.4 is 19.5 Å². The van der Waals surface area contributed by atoms with Gasteiger partial charge in [-0.2, -0.15) is 0 Å². The lowest BCUT2D eigenvalue weighted by Gasteiger charge is -2.32. The highest BCUT2D eigenvalue weighted by Gasteiger charge is 2.29. The first kappa shape index (κ1) is 24.1. The SMILES string of the molecule is COc1ccc(NS(=O)(=O)c2ccc(CNC(=O)c3ccccc3)s2)c2c1C[C@@H](N(C)C)CO2. The van der Waals surface area contributed by atoms with Crippen molar-refractivity contribution < 1.29 is 22.7 Å². The second-order valence-corrected chi connectivity index (χ2v) is 11.2. The normalized spacial score (nSPS) is 15.4. The molecule has 1 aliphatic rings. The summed E-state index contributed by atoms with van der Waals surface area (Å²) in [5.74, 6) is 0.944. The molecule has 1 atom stereocenters. The third kappa shape index (κ3) is 5.19. The van der Waals surface area contributed by atoms with Crippen LogP contribution in [0.25, 0.3) is 0 Å². The molecule has 3 aromatic rings. The summed E-state index contributed by atoms with van der Waals surface area (Å²) in [5.41, 5.74) is 1.76. The number of thiophene rings is 1. The van der Waals surface area contributed by atoms with E-state index in [0.29, 0.717) is 35.8 Å². The maximum Gasteiger partial charge on any atom is 0.271 e. The van der Waals surface area contributed by atoms with Crippen LogP contribution >= 0.6 is 11.3 Å². The number of benzene rings is 2. The lowest BCUT2D eigenvalue weighted by Crippen LogP contribution is -2.38. The number of rotatable bonds is 8. The third-order valence-electron chi connectivity index (χ3n) is 5.63. The molecule has 1 aliphatic heterocycles. The molecule has 0 fully saturated rings. The number of sulfonamides is 1. The number of nitrogens with zero attached hydrogens (tertiary/aromatic N) is 1. The minimum Gasteiger partial charge on any atom is -0.496 e. The topological polar surface area (TPSA) is 97.0 Å². The van der Waals surface area contributed by atoms with Crippen molar-refractivity contribution in [1.29, 1.82) is 0 Å². The average molecular weight is 502 g/mol. The highest BCUT2D eigenvalue weighted by Crippen LogP contribution is 2.41. The Balaban J connectivity index is 1.49. The van der Waals surface area contributed by atoms with Crippen LogP contribution in [0.1, 0.15) is 20.8 Å². The van der Waals surface area contributed by atoms with Gasteiger partial charge in [0.05, 0.1) is 19.3 Å². The molecule has 2 aromatic carbocycles. The van der Waals surface area contributed by atoms with Crippen molar-refractivity contribution in [2.75, 3.05) is 32.5 Å². The number of carbonyl (C=O) groups is 1. The molecule has 0 bridgehead atoms. The Hall–Kier alpha value is -3.08. The van der Waals surface area contributed by atoms with Gasteiger partial charge in [-0.15, -0.1) is 11.3 Å². The molecule has 0 unspecified atom stereocenters. The van der Waals surface area contributed by atoms with Crippen LogP contribution in [0, 0.1) is 0 Å². The van der Waals surface area contributed by atoms with Crippen molar-refractivity contribution >= 4 is 33.0 Å². The highest BCUT2D eigenvalue weighted by molar-refractivity contribution is 7.94. The van der Waals surface area contributed by atoms with E-state index in [0.717, 1.165) is 21.8 Å². The van der Waals surface area contributed by atoms with E-state index in [1.165, 1.54) is 6.07 Å². The molecule has 0 saturated heterocycles. The van der Waals surface area contributed by atoms with Gasteiger partial charge in [0.25, 0.3) is 15.9 Å². The van der Waals surface area contributed by atoms with Crippen molar-refractivity contribution in [2.24, 2.45) is 0 Å². The zero-order valence-corrected chi connectivity index (χ0v) is 20.8. The summed E-state index contributed by atoms with van der Waals surface area (Å²) in [4.78, 5) is 15.1. The van der Waals surface area contributed by atoms with Gasteiger partial charge in [0.2, 0.25) is 0 Å². The summed E-state index contributed by atoms with van der Waals surface area (Å²) in [6.45, 7) is 0.688. The molecule has 10 heteroatoms. The molecule has 4 rings (SSSR count). The fourth-order valence-corrected chi connectivity index (χ4v) is 6.05. The van der Waals surface area contributed by atoms with E-state index in [9.17, 15) is 13.2 Å². The molecular formula is C24H27N3O5S2. The molecule has 8 nitrogen and oxygen atoms in total. The van der Waals surface area contributed by atoms with E-state index in [-0.39, 0.29) is 22.7 Å². The highest BCUT2D eigenvalue weighted by atomic mass is 32.2. The van der Waals surface area contributed by atoms with Crippen LogP contribution in [-0.2, 0) is 23.0 Å². The predicted molar refractivity (Wildman–Crippen MR) is 132 cm³/mol. The van der Waals surface area contributed by atoms with Crippen molar-refractivity contribution in [3.63, 3.8) is 0 Å². The molecule has 1 amide bonds. The second-order valence-electron chi connectivity index (χ2n) is 8.13. The Morgan fingerprint density at radius 2 is 1.91 bits per heavy atom. The smallest absolute Gasteiger partial charge is 0.271 e. The number of carbonyl (C=O) groups excluding carboxylic acids is 1. The maximum atomic E-state index is 13.1. The van der Waals surface area contributed by atoms with Crippen molar-refractivity contribution in [3.05, 3.63) is 70.6 Å². The molecule has 0 aliphatic carbocycles. The lowest BCUT2D eigenvalue weighted by molar-refractivity contribution is 0.0951. The molecule has 180 valence electrons. The number of ether oxygens (including phenoxy) is 2. The first-order chi connectivity index (χ1) is 16.3. The zero-order valence-electron chi connectivity index (χ0n) is 19.2. The van der Waals surface area contributed by atoms with Crippen LogP contribution in [0.2, 0.25) is 0 Å². The molecule has 2 heterocycles. The van der Waals surface area contributed by atoms with Crippen LogP contribution in [0.5, 0.6) is 11.5 Å². The summed E-state index contributed by atoms with van der Waals surface area (Å²) in [6, 6.07) is 15.7. The largest absolute Gasteiger partial charge is 0.496 e. The van der Waals surface area contributed by atoms with E-state index in [2.05, 4.69) is 14.9 Å². The van der Waals surface area contributed by atoms with Gasteiger partial charge in [-0.1, -0.05) is 18.2 Å². The number of hydrogen-bond donors (Lipinski definition) is 2. The molecule has 0 saturated carbocycles. The molecule has 2 N–H and O–H groups in total. The van der Waals surface area contributed by atoms with Gasteiger partial charge in [-0.25, -0.2) is 8.42 Å². The summed E-state index contributed by atoms with van der Waals surface area (Å²) < 4.78 is 40.5. The Morgan fingerprint density at radius 3 is 2.62 bits per heavy atom. The van der Waals surface area contributed by atoms with Crippen molar-refractivity contribution in [3.8, 4) is 11.5 Å². The van der Waals surface area contributed by atoms with Crippen LogP contribution in [0.4, 0.5) is 5.69 Å². The number of fused-ring (bicyclic) bond motifs is 1. The number of amides is 1. The Kier molecular flexibility index (Phi) is 7.11. The van der Waals surface area contributed by atoms with E-state index < -0.39 is 10.0 Å². The van der Waals surface area contributed by atoms with Gasteiger partial charge in [-0.05, 0) is 56.9 Å². The van der Waals surface area contributed by atoms with Gasteiger partial charge >= 0.3 is 0 Å². The van der Waals surface area contributed by atoms with E-state index in [1.54, 1.807) is 49.6 Å². The number of hydrogen-bond acceptors (Lipinski definition) is 7. The minimum atomic E-state index is -3.84. The lowest BCUT2D eigenvalue weighted by atomic mass is 10.00. The van der Waals surface area contributed by atoms with Crippen LogP contribution in [-0.4, -0.2) is 53.1 Å². The summed E-state index contributed by atoms with van der Waals surface area (Å²) >= 11 is 1.11. The first-order valence-electron chi connectivity index (χ1n) is 10.7. The van der Waals surface area contributed by atoms with Crippen molar-refractivity contribution in [1.82, 2.24) is 10.2 Å². The predicted octanol–water partition coefficient (Wildman–Crippen LogP) is 3.35. The van der Waals surface area contributed by atoms with Gasteiger partial charge < -0.3 is 19.7 Å². The third-order valence-corrected chi connectivity index (χ3v) is 8.58. The van der Waals surface area contributed by atoms with Gasteiger partial charge in [-0.3, -0.25) is 9.52 Å². The monoisotopic (exact) mass is 501 g/mol. The van der Waals surface area contributed by atoms with Crippen molar-refractivity contribution in [2.45, 2.75) is 23.2 Å². The second kappa shape index (κ2) is 10.0. The standard InChI is InChI=1S/C24H27N3O5S2/c1-27(2)17-13-19-21(31-3)11-10-20(23(19)32-15-17)26-34(29,30)22-12-9-18(33-22)14-25-24(28)16-7-5-4-6-8-16/h4-12,17,26H,13-15H2,1-3H3,(H,25,28)/t17-/m1/s1. The quantitative estimate of drug-likeness (QED) is 0.491. The van der Waals surface area contributed by atoms with E-state index >= 15 is 0 Å². The minimum absolute atomic E-state index is 0.156. The molecular weight excluding hydrogens is 474 g/mol. The number of nitrogens with one attached hydrogen (secondary N) is 2. The summed E-state index contributed by atoms with van der Waals surface area (Å²) in [5, 5.41) is 2.81. The maximum absolute atomic E-state index is 13.1. The Bertz CT molecular complexity index is 1270. The molecule has 1 aromatic heterocycles. The Morgan fingerprint density at radius 1 is 1.15 bits per heavy atom. The van der Waals surface area contributed by atoms with Gasteiger partial charge in [0.1, 0.15) is 22.3 Å². The number of anilines is 1. The van der Waals surface area contributed by atoms with Gasteiger partial charge in [0.15, 0.2) is 0 Å².